The van der Waals surface area contributed by atoms with E-state index in [1.807, 2.05) is 42.8 Å². The van der Waals surface area contributed by atoms with Gasteiger partial charge in [0.1, 0.15) is 11.5 Å². The Kier molecular flexibility index (Phi) is 7.87. The van der Waals surface area contributed by atoms with Gasteiger partial charge in [-0.05, 0) is 57.9 Å². The molecule has 3 aromatic rings. The summed E-state index contributed by atoms with van der Waals surface area (Å²) in [5.41, 5.74) is 3.54. The van der Waals surface area contributed by atoms with Crippen molar-refractivity contribution in [3.63, 3.8) is 0 Å². The number of carbonyl (C=O) groups is 1. The summed E-state index contributed by atoms with van der Waals surface area (Å²) in [6.07, 6.45) is 2.93. The highest BCUT2D eigenvalue weighted by atomic mass is 32.1. The van der Waals surface area contributed by atoms with Gasteiger partial charge in [-0.1, -0.05) is 6.07 Å². The summed E-state index contributed by atoms with van der Waals surface area (Å²) < 4.78 is 1.96. The molecule has 4 heterocycles. The normalized spacial score (nSPS) is 16.2. The molecule has 0 spiro atoms. The van der Waals surface area contributed by atoms with Crippen molar-refractivity contribution in [1.82, 2.24) is 30.0 Å². The van der Waals surface area contributed by atoms with E-state index in [2.05, 4.69) is 31.7 Å². The van der Waals surface area contributed by atoms with Gasteiger partial charge in [0.25, 0.3) is 5.91 Å². The van der Waals surface area contributed by atoms with Crippen molar-refractivity contribution in [3.8, 4) is 6.07 Å². The Bertz CT molecular complexity index is 1160. The van der Waals surface area contributed by atoms with E-state index >= 15 is 0 Å². The number of amides is 1. The predicted molar refractivity (Wildman–Crippen MR) is 132 cm³/mol. The number of anilines is 2. The molecule has 0 bridgehead atoms. The number of rotatable bonds is 9. The average Bonchev–Trinajstić information content (AvgIpc) is 3.42. The van der Waals surface area contributed by atoms with Crippen LogP contribution in [-0.2, 0) is 6.54 Å². The monoisotopic (exact) mass is 478 g/mol. The summed E-state index contributed by atoms with van der Waals surface area (Å²) in [4.78, 5) is 23.9. The van der Waals surface area contributed by atoms with Crippen LogP contribution in [0.5, 0.6) is 0 Å². The molecule has 1 aliphatic heterocycles. The topological polar surface area (TPSA) is 112 Å². The molecule has 178 valence electrons. The van der Waals surface area contributed by atoms with Crippen LogP contribution in [0.15, 0.2) is 29.6 Å². The average molecular weight is 479 g/mol. The quantitative estimate of drug-likeness (QED) is 0.357. The van der Waals surface area contributed by atoms with Crippen LogP contribution in [0, 0.1) is 25.2 Å². The van der Waals surface area contributed by atoms with Gasteiger partial charge in [-0.25, -0.2) is 9.97 Å². The first-order valence-electron chi connectivity index (χ1n) is 11.6. The fourth-order valence-corrected chi connectivity index (χ4v) is 4.95. The Labute approximate surface area is 203 Å². The van der Waals surface area contributed by atoms with Crippen LogP contribution in [0.2, 0.25) is 0 Å². The summed E-state index contributed by atoms with van der Waals surface area (Å²) in [6.45, 7) is 7.61. The highest BCUT2D eigenvalue weighted by Gasteiger charge is 2.22. The Morgan fingerprint density at radius 1 is 1.32 bits per heavy atom. The maximum Gasteiger partial charge on any atom is 0.270 e. The zero-order valence-corrected chi connectivity index (χ0v) is 20.4. The number of piperidine rings is 1. The SMILES string of the molecule is Cc1cc(C)n(CCCNC(=O)c2csc(Nc3cccc(C4CCCN(CC#N)C4)n3)n2)n1. The molecule has 0 saturated carbocycles. The summed E-state index contributed by atoms with van der Waals surface area (Å²) in [7, 11) is 0. The standard InChI is InChI=1S/C24H30N8OS/c1-17-14-18(2)32(30-17)12-5-10-26-23(33)21-16-34-24(28-21)29-22-8-3-7-20(27-22)19-6-4-11-31(15-19)13-9-25/h3,7-8,14,16,19H,4-6,10-13,15H2,1-2H3,(H,26,33)(H,27,28,29). The van der Waals surface area contributed by atoms with Crippen molar-refractivity contribution in [2.45, 2.75) is 45.6 Å². The molecule has 4 rings (SSSR count). The molecule has 2 N–H and O–H groups in total. The molecule has 1 amide bonds. The number of aryl methyl sites for hydroxylation is 3. The van der Waals surface area contributed by atoms with Crippen LogP contribution in [0.25, 0.3) is 0 Å². The van der Waals surface area contributed by atoms with Gasteiger partial charge in [-0.2, -0.15) is 10.4 Å². The van der Waals surface area contributed by atoms with Crippen molar-refractivity contribution in [3.05, 3.63) is 52.4 Å². The fraction of sp³-hybridized carbons (Fsp3) is 0.458. The third-order valence-corrected chi connectivity index (χ3v) is 6.65. The number of thiazole rings is 1. The molecule has 1 atom stereocenters. The highest BCUT2D eigenvalue weighted by Crippen LogP contribution is 2.27. The summed E-state index contributed by atoms with van der Waals surface area (Å²) in [5, 5.41) is 22.0. The van der Waals surface area contributed by atoms with Gasteiger partial charge < -0.3 is 10.6 Å². The van der Waals surface area contributed by atoms with Gasteiger partial charge in [0, 0.05) is 42.3 Å². The van der Waals surface area contributed by atoms with E-state index < -0.39 is 0 Å². The second-order valence-electron chi connectivity index (χ2n) is 8.60. The van der Waals surface area contributed by atoms with E-state index in [0.717, 1.165) is 56.0 Å². The van der Waals surface area contributed by atoms with Gasteiger partial charge in [0.05, 0.1) is 18.3 Å². The largest absolute Gasteiger partial charge is 0.351 e. The number of hydrogen-bond donors (Lipinski definition) is 2. The lowest BCUT2D eigenvalue weighted by atomic mass is 9.94. The first kappa shape index (κ1) is 23.9. The maximum atomic E-state index is 12.5. The van der Waals surface area contributed by atoms with E-state index in [9.17, 15) is 4.79 Å². The molecule has 1 aliphatic rings. The Morgan fingerprint density at radius 2 is 2.21 bits per heavy atom. The lowest BCUT2D eigenvalue weighted by molar-refractivity contribution is 0.0948. The molecule has 1 unspecified atom stereocenters. The smallest absolute Gasteiger partial charge is 0.270 e. The maximum absolute atomic E-state index is 12.5. The van der Waals surface area contributed by atoms with Crippen LogP contribution in [0.1, 0.15) is 52.8 Å². The van der Waals surface area contributed by atoms with Crippen molar-refractivity contribution < 1.29 is 4.79 Å². The van der Waals surface area contributed by atoms with Gasteiger partial charge in [-0.15, -0.1) is 11.3 Å². The van der Waals surface area contributed by atoms with E-state index in [1.165, 1.54) is 11.3 Å². The van der Waals surface area contributed by atoms with Crippen molar-refractivity contribution in [2.24, 2.45) is 0 Å². The number of aromatic nitrogens is 4. The summed E-state index contributed by atoms with van der Waals surface area (Å²) in [5.74, 6) is 0.844. The zero-order valence-electron chi connectivity index (χ0n) is 19.6. The highest BCUT2D eigenvalue weighted by molar-refractivity contribution is 7.14. The Balaban J connectivity index is 1.28. The summed E-state index contributed by atoms with van der Waals surface area (Å²) >= 11 is 1.38. The van der Waals surface area contributed by atoms with Gasteiger partial charge >= 0.3 is 0 Å². The first-order chi connectivity index (χ1) is 16.5. The molecule has 1 saturated heterocycles. The number of likely N-dealkylation sites (tertiary alicyclic amines) is 1. The molecular formula is C24H30N8OS. The molecule has 1 fully saturated rings. The number of nitriles is 1. The number of hydrogen-bond acceptors (Lipinski definition) is 8. The summed E-state index contributed by atoms with van der Waals surface area (Å²) in [6, 6.07) is 10.2. The Morgan fingerprint density at radius 3 is 3.00 bits per heavy atom. The van der Waals surface area contributed by atoms with Crippen molar-refractivity contribution in [1.29, 1.82) is 5.26 Å². The lowest BCUT2D eigenvalue weighted by Crippen LogP contribution is -2.34. The molecule has 3 aromatic heterocycles. The predicted octanol–water partition coefficient (Wildman–Crippen LogP) is 3.62. The third kappa shape index (κ3) is 6.18. The van der Waals surface area contributed by atoms with Gasteiger partial charge in [0.15, 0.2) is 5.13 Å². The minimum absolute atomic E-state index is 0.181. The minimum atomic E-state index is -0.181. The van der Waals surface area contributed by atoms with E-state index in [1.54, 1.807) is 5.38 Å². The Hall–Kier alpha value is -3.29. The van der Waals surface area contributed by atoms with Crippen LogP contribution in [0.4, 0.5) is 10.9 Å². The van der Waals surface area contributed by atoms with Gasteiger partial charge in [-0.3, -0.25) is 14.4 Å². The zero-order chi connectivity index (χ0) is 23.9. The van der Waals surface area contributed by atoms with E-state index in [-0.39, 0.29) is 5.91 Å². The molecule has 0 radical (unpaired) electrons. The second-order valence-corrected chi connectivity index (χ2v) is 9.46. The van der Waals surface area contributed by atoms with Crippen LogP contribution >= 0.6 is 11.3 Å². The molecule has 34 heavy (non-hydrogen) atoms. The van der Waals surface area contributed by atoms with Crippen molar-refractivity contribution in [2.75, 3.05) is 31.5 Å². The fourth-order valence-electron chi connectivity index (χ4n) is 4.26. The van der Waals surface area contributed by atoms with E-state index in [0.29, 0.717) is 35.7 Å². The van der Waals surface area contributed by atoms with Crippen molar-refractivity contribution >= 4 is 28.2 Å². The molecule has 0 aliphatic carbocycles. The van der Waals surface area contributed by atoms with Crippen LogP contribution in [0.3, 0.4) is 0 Å². The number of nitrogens with zero attached hydrogens (tertiary/aromatic N) is 6. The third-order valence-electron chi connectivity index (χ3n) is 5.90. The second kappa shape index (κ2) is 11.2. The van der Waals surface area contributed by atoms with Crippen LogP contribution < -0.4 is 10.6 Å². The number of carbonyl (C=O) groups excluding carboxylic acids is 1. The first-order valence-corrected chi connectivity index (χ1v) is 12.5. The lowest BCUT2D eigenvalue weighted by Gasteiger charge is -2.30. The van der Waals surface area contributed by atoms with E-state index in [4.69, 9.17) is 10.2 Å². The minimum Gasteiger partial charge on any atom is -0.351 e. The molecule has 10 heteroatoms. The molecule has 0 aromatic carbocycles. The number of pyridine rings is 1. The molecule has 9 nitrogen and oxygen atoms in total. The van der Waals surface area contributed by atoms with Crippen LogP contribution in [-0.4, -0.2) is 56.7 Å². The number of nitrogens with one attached hydrogen (secondary N) is 2. The molecular weight excluding hydrogens is 448 g/mol. The van der Waals surface area contributed by atoms with Gasteiger partial charge in [0.2, 0.25) is 0 Å².